The van der Waals surface area contributed by atoms with E-state index < -0.39 is 0 Å². The fraction of sp³-hybridized carbons (Fsp3) is 0.0714. The van der Waals surface area contributed by atoms with Crippen LogP contribution in [0.3, 0.4) is 0 Å². The molecule has 0 fully saturated rings. The average Bonchev–Trinajstić information content (AvgIpc) is 2.74. The molecule has 2 aliphatic rings. The van der Waals surface area contributed by atoms with Gasteiger partial charge in [-0.1, -0.05) is 0 Å². The first-order chi connectivity index (χ1) is 8.63. The first-order valence-corrected chi connectivity index (χ1v) is 5.58. The third-order valence-corrected chi connectivity index (χ3v) is 2.84. The number of hydrogen-bond donors (Lipinski definition) is 1. The minimum absolute atomic E-state index is 0.275. The maximum absolute atomic E-state index is 12.9. The molecule has 0 amide bonds. The van der Waals surface area contributed by atoms with E-state index in [1.165, 1.54) is 12.1 Å². The lowest BCUT2D eigenvalue weighted by Gasteiger charge is -2.04. The Morgan fingerprint density at radius 2 is 1.83 bits per heavy atom. The lowest BCUT2D eigenvalue weighted by Crippen LogP contribution is -1.98. The molecule has 1 N–H and O–H groups in total. The van der Waals surface area contributed by atoms with Crippen LogP contribution in [0.2, 0.25) is 0 Å². The number of aromatic nitrogens is 2. The molecule has 4 heteroatoms. The van der Waals surface area contributed by atoms with Gasteiger partial charge in [-0.3, -0.25) is 0 Å². The number of hydrogen-bond acceptors (Lipinski definition) is 2. The van der Waals surface area contributed by atoms with Gasteiger partial charge in [-0.25, -0.2) is 9.37 Å². The summed E-state index contributed by atoms with van der Waals surface area (Å²) in [6, 6.07) is 9.96. The standard InChI is InChI=1S/C14H11FN2O/c1-9-6-11-7-13(16-14(11)17(18)8-9)10-2-4-12(15)5-3-10/h2-8,18H,1H3. The molecule has 0 aromatic heterocycles. The zero-order valence-electron chi connectivity index (χ0n) is 9.76. The molecule has 3 nitrogen and oxygen atoms in total. The summed E-state index contributed by atoms with van der Waals surface area (Å²) in [5.74, 6) is 0.225. The van der Waals surface area contributed by atoms with Gasteiger partial charge in [0.05, 0.1) is 5.69 Å². The number of aryl methyl sites for hydroxylation is 1. The first kappa shape index (κ1) is 10.8. The van der Waals surface area contributed by atoms with E-state index in [0.717, 1.165) is 27.1 Å². The van der Waals surface area contributed by atoms with Crippen LogP contribution in [0.25, 0.3) is 22.6 Å². The molecule has 1 aromatic carbocycles. The van der Waals surface area contributed by atoms with Crippen LogP contribution in [0, 0.1) is 12.7 Å². The summed E-state index contributed by atoms with van der Waals surface area (Å²) in [5.41, 5.74) is 3.35. The summed E-state index contributed by atoms with van der Waals surface area (Å²) in [6.07, 6.45) is 1.60. The van der Waals surface area contributed by atoms with Crippen molar-refractivity contribution in [2.24, 2.45) is 0 Å². The van der Waals surface area contributed by atoms with Gasteiger partial charge >= 0.3 is 0 Å². The molecule has 0 unspecified atom stereocenters. The average molecular weight is 242 g/mol. The van der Waals surface area contributed by atoms with Gasteiger partial charge in [0, 0.05) is 17.3 Å². The highest BCUT2D eigenvalue weighted by Crippen LogP contribution is 2.28. The zero-order chi connectivity index (χ0) is 12.7. The Hall–Kier alpha value is -2.36. The Morgan fingerprint density at radius 3 is 2.56 bits per heavy atom. The molecular formula is C14H11FN2O. The lowest BCUT2D eigenvalue weighted by molar-refractivity contribution is 0.186. The summed E-state index contributed by atoms with van der Waals surface area (Å²) in [4.78, 5) is 4.34. The maximum Gasteiger partial charge on any atom is 0.175 e. The molecule has 0 spiro atoms. The summed E-state index contributed by atoms with van der Waals surface area (Å²) >= 11 is 0. The molecule has 18 heavy (non-hydrogen) atoms. The Morgan fingerprint density at radius 1 is 1.11 bits per heavy atom. The molecule has 1 aromatic rings. The van der Waals surface area contributed by atoms with Crippen LogP contribution in [0.1, 0.15) is 5.56 Å². The van der Waals surface area contributed by atoms with Gasteiger partial charge in [0.25, 0.3) is 0 Å². The van der Waals surface area contributed by atoms with E-state index in [9.17, 15) is 9.60 Å². The SMILES string of the molecule is Cc1cc2cc(-c3ccc(F)cc3)nc-2n(O)c1. The molecular weight excluding hydrogens is 231 g/mol. The van der Waals surface area contributed by atoms with Gasteiger partial charge in [0.15, 0.2) is 5.82 Å². The highest BCUT2D eigenvalue weighted by Gasteiger charge is 2.13. The van der Waals surface area contributed by atoms with E-state index >= 15 is 0 Å². The van der Waals surface area contributed by atoms with Crippen molar-refractivity contribution in [2.45, 2.75) is 6.92 Å². The molecule has 2 heterocycles. The van der Waals surface area contributed by atoms with Crippen molar-refractivity contribution in [3.8, 4) is 22.6 Å². The Labute approximate surface area is 103 Å². The number of nitrogens with zero attached hydrogens (tertiary/aromatic N) is 2. The van der Waals surface area contributed by atoms with Crippen LogP contribution in [0.15, 0.2) is 42.6 Å². The maximum atomic E-state index is 12.9. The Balaban J connectivity index is 2.17. The van der Waals surface area contributed by atoms with Crippen molar-refractivity contribution in [3.05, 3.63) is 54.0 Å². The van der Waals surface area contributed by atoms with E-state index in [-0.39, 0.29) is 5.82 Å². The Kier molecular flexibility index (Phi) is 2.30. The van der Waals surface area contributed by atoms with E-state index in [1.54, 1.807) is 18.3 Å². The zero-order valence-corrected chi connectivity index (χ0v) is 9.76. The normalized spacial score (nSPS) is 11.0. The van der Waals surface area contributed by atoms with Crippen molar-refractivity contribution in [3.63, 3.8) is 0 Å². The van der Waals surface area contributed by atoms with Gasteiger partial charge in [0.1, 0.15) is 5.82 Å². The third-order valence-electron chi connectivity index (χ3n) is 2.84. The summed E-state index contributed by atoms with van der Waals surface area (Å²) in [7, 11) is 0. The van der Waals surface area contributed by atoms with Gasteiger partial charge in [0.2, 0.25) is 0 Å². The predicted molar refractivity (Wildman–Crippen MR) is 66.2 cm³/mol. The predicted octanol–water partition coefficient (Wildman–Crippen LogP) is 3.34. The first-order valence-electron chi connectivity index (χ1n) is 5.58. The molecule has 0 saturated heterocycles. The van der Waals surface area contributed by atoms with Crippen LogP contribution in [-0.2, 0) is 0 Å². The van der Waals surface area contributed by atoms with E-state index in [0.29, 0.717) is 5.82 Å². The topological polar surface area (TPSA) is 38.0 Å². The van der Waals surface area contributed by atoms with Crippen molar-refractivity contribution < 1.29 is 9.60 Å². The van der Waals surface area contributed by atoms with Crippen LogP contribution >= 0.6 is 0 Å². The Bertz CT molecular complexity index is 673. The number of fused-ring (bicyclic) bond motifs is 1. The number of pyridine rings is 1. The fourth-order valence-electron chi connectivity index (χ4n) is 2.02. The molecule has 90 valence electrons. The number of benzene rings is 1. The van der Waals surface area contributed by atoms with Crippen LogP contribution in [0.4, 0.5) is 4.39 Å². The minimum atomic E-state index is -0.275. The molecule has 2 aliphatic heterocycles. The van der Waals surface area contributed by atoms with Crippen molar-refractivity contribution in [1.29, 1.82) is 0 Å². The number of halogens is 1. The molecule has 0 saturated carbocycles. The molecule has 3 rings (SSSR count). The van der Waals surface area contributed by atoms with Gasteiger partial charge in [-0.15, -0.1) is 0 Å². The smallest absolute Gasteiger partial charge is 0.175 e. The minimum Gasteiger partial charge on any atom is -0.427 e. The van der Waals surface area contributed by atoms with Crippen LogP contribution < -0.4 is 0 Å². The second-order valence-corrected chi connectivity index (χ2v) is 4.29. The largest absolute Gasteiger partial charge is 0.427 e. The molecule has 0 radical (unpaired) electrons. The highest BCUT2D eigenvalue weighted by atomic mass is 19.1. The van der Waals surface area contributed by atoms with Gasteiger partial charge in [-0.05, 0) is 48.9 Å². The molecule has 0 aliphatic carbocycles. The monoisotopic (exact) mass is 242 g/mol. The molecule has 0 atom stereocenters. The van der Waals surface area contributed by atoms with Crippen molar-refractivity contribution in [2.75, 3.05) is 0 Å². The summed E-state index contributed by atoms with van der Waals surface area (Å²) in [5, 5.41) is 9.75. The van der Waals surface area contributed by atoms with E-state index in [1.807, 2.05) is 19.1 Å². The molecule has 0 bridgehead atoms. The fourth-order valence-corrected chi connectivity index (χ4v) is 2.02. The number of rotatable bonds is 1. The van der Waals surface area contributed by atoms with Gasteiger partial charge < -0.3 is 5.21 Å². The second-order valence-electron chi connectivity index (χ2n) is 4.29. The lowest BCUT2D eigenvalue weighted by atomic mass is 10.1. The van der Waals surface area contributed by atoms with E-state index in [4.69, 9.17) is 0 Å². The highest BCUT2D eigenvalue weighted by molar-refractivity contribution is 5.71. The summed E-state index contributed by atoms with van der Waals surface area (Å²) in [6.45, 7) is 1.90. The van der Waals surface area contributed by atoms with Crippen molar-refractivity contribution >= 4 is 0 Å². The van der Waals surface area contributed by atoms with Crippen molar-refractivity contribution in [1.82, 2.24) is 9.71 Å². The van der Waals surface area contributed by atoms with E-state index in [2.05, 4.69) is 4.98 Å². The summed E-state index contributed by atoms with van der Waals surface area (Å²) < 4.78 is 13.9. The third kappa shape index (κ3) is 1.72. The second kappa shape index (κ2) is 3.84. The van der Waals surface area contributed by atoms with Crippen LogP contribution in [-0.4, -0.2) is 14.9 Å². The quantitative estimate of drug-likeness (QED) is 0.664. The van der Waals surface area contributed by atoms with Gasteiger partial charge in [-0.2, -0.15) is 4.73 Å². The van der Waals surface area contributed by atoms with Crippen LogP contribution in [0.5, 0.6) is 0 Å².